The lowest BCUT2D eigenvalue weighted by atomic mass is 10.1. The van der Waals surface area contributed by atoms with Gasteiger partial charge >= 0.3 is 5.97 Å². The summed E-state index contributed by atoms with van der Waals surface area (Å²) in [5.74, 6) is -0.927. The molecule has 0 aliphatic rings. The highest BCUT2D eigenvalue weighted by molar-refractivity contribution is 7.09. The monoisotopic (exact) mass is 206 g/mol. The van der Waals surface area contributed by atoms with Crippen molar-refractivity contribution < 1.29 is 9.90 Å². The Hall–Kier alpha value is -1.75. The van der Waals surface area contributed by atoms with E-state index in [1.165, 1.54) is 11.5 Å². The van der Waals surface area contributed by atoms with Crippen molar-refractivity contribution in [3.05, 3.63) is 36.0 Å². The topological polar surface area (TPSA) is 63.1 Å². The lowest BCUT2D eigenvalue weighted by Gasteiger charge is -1.97. The number of carboxylic acids is 1. The molecular formula is C9H6N2O2S. The molecule has 0 saturated heterocycles. The van der Waals surface area contributed by atoms with E-state index in [0.29, 0.717) is 0 Å². The first-order valence-electron chi connectivity index (χ1n) is 3.88. The Kier molecular flexibility index (Phi) is 2.24. The first-order chi connectivity index (χ1) is 6.77. The normalized spacial score (nSPS) is 10.0. The van der Waals surface area contributed by atoms with Gasteiger partial charge in [-0.25, -0.2) is 4.79 Å². The van der Waals surface area contributed by atoms with Crippen LogP contribution in [0.15, 0.2) is 30.5 Å². The SMILES string of the molecule is O=C(O)c1cccc(-c2cnns2)c1. The van der Waals surface area contributed by atoms with Crippen molar-refractivity contribution in [3.8, 4) is 10.4 Å². The maximum absolute atomic E-state index is 10.7. The lowest BCUT2D eigenvalue weighted by Crippen LogP contribution is -1.95. The van der Waals surface area contributed by atoms with Crippen molar-refractivity contribution in [2.45, 2.75) is 0 Å². The molecule has 0 aliphatic heterocycles. The van der Waals surface area contributed by atoms with E-state index in [-0.39, 0.29) is 5.56 Å². The molecule has 14 heavy (non-hydrogen) atoms. The Morgan fingerprint density at radius 1 is 1.43 bits per heavy atom. The highest BCUT2D eigenvalue weighted by Gasteiger charge is 2.05. The van der Waals surface area contributed by atoms with Gasteiger partial charge in [0.05, 0.1) is 16.6 Å². The van der Waals surface area contributed by atoms with Crippen molar-refractivity contribution in [1.29, 1.82) is 0 Å². The van der Waals surface area contributed by atoms with Gasteiger partial charge in [0, 0.05) is 0 Å². The molecule has 4 nitrogen and oxygen atoms in total. The Morgan fingerprint density at radius 3 is 2.93 bits per heavy atom. The summed E-state index contributed by atoms with van der Waals surface area (Å²) in [5, 5.41) is 12.5. The van der Waals surface area contributed by atoms with E-state index < -0.39 is 5.97 Å². The van der Waals surface area contributed by atoms with Crippen molar-refractivity contribution in [2.75, 3.05) is 0 Å². The van der Waals surface area contributed by atoms with E-state index >= 15 is 0 Å². The fraction of sp³-hybridized carbons (Fsp3) is 0. The van der Waals surface area contributed by atoms with Gasteiger partial charge in [0.2, 0.25) is 0 Å². The summed E-state index contributed by atoms with van der Waals surface area (Å²) in [4.78, 5) is 11.6. The van der Waals surface area contributed by atoms with Crippen LogP contribution in [0.5, 0.6) is 0 Å². The van der Waals surface area contributed by atoms with Crippen LogP contribution in [-0.2, 0) is 0 Å². The standard InChI is InChI=1S/C9H6N2O2S/c12-9(13)7-3-1-2-6(4-7)8-5-10-11-14-8/h1-5H,(H,12,13). The minimum absolute atomic E-state index is 0.274. The predicted octanol–water partition coefficient (Wildman–Crippen LogP) is 1.90. The van der Waals surface area contributed by atoms with Gasteiger partial charge in [0.1, 0.15) is 0 Å². The third-order valence-corrected chi connectivity index (χ3v) is 2.47. The Bertz CT molecular complexity index is 454. The molecular weight excluding hydrogens is 200 g/mol. The molecule has 0 radical (unpaired) electrons. The van der Waals surface area contributed by atoms with Crippen molar-refractivity contribution in [1.82, 2.24) is 9.59 Å². The van der Waals surface area contributed by atoms with Gasteiger partial charge in [-0.3, -0.25) is 0 Å². The highest BCUT2D eigenvalue weighted by Crippen LogP contribution is 2.22. The fourth-order valence-electron chi connectivity index (χ4n) is 1.10. The lowest BCUT2D eigenvalue weighted by molar-refractivity contribution is 0.0697. The second-order valence-corrected chi connectivity index (χ2v) is 3.45. The number of nitrogens with zero attached hydrogens (tertiary/aromatic N) is 2. The highest BCUT2D eigenvalue weighted by atomic mass is 32.1. The van der Waals surface area contributed by atoms with Crippen LogP contribution in [0.2, 0.25) is 0 Å². The Morgan fingerprint density at radius 2 is 2.29 bits per heavy atom. The number of aromatic carboxylic acids is 1. The van der Waals surface area contributed by atoms with E-state index in [4.69, 9.17) is 5.11 Å². The molecule has 2 aromatic rings. The zero-order valence-corrected chi connectivity index (χ0v) is 7.86. The Balaban J connectivity index is 2.46. The maximum atomic E-state index is 10.7. The number of hydrogen-bond acceptors (Lipinski definition) is 4. The Labute approximate surface area is 84.0 Å². The number of benzene rings is 1. The van der Waals surface area contributed by atoms with Crippen LogP contribution in [0.4, 0.5) is 0 Å². The molecule has 0 unspecified atom stereocenters. The quantitative estimate of drug-likeness (QED) is 0.815. The zero-order valence-electron chi connectivity index (χ0n) is 7.04. The minimum atomic E-state index is -0.927. The largest absolute Gasteiger partial charge is 0.478 e. The molecule has 2 rings (SSSR count). The zero-order chi connectivity index (χ0) is 9.97. The minimum Gasteiger partial charge on any atom is -0.478 e. The number of carbonyl (C=O) groups is 1. The van der Waals surface area contributed by atoms with E-state index in [1.807, 2.05) is 6.07 Å². The van der Waals surface area contributed by atoms with E-state index in [0.717, 1.165) is 10.4 Å². The van der Waals surface area contributed by atoms with Gasteiger partial charge in [0.15, 0.2) is 0 Å². The van der Waals surface area contributed by atoms with Crippen LogP contribution in [0.1, 0.15) is 10.4 Å². The summed E-state index contributed by atoms with van der Waals surface area (Å²) in [7, 11) is 0. The number of carboxylic acid groups (broad SMARTS) is 1. The van der Waals surface area contributed by atoms with Crippen LogP contribution in [0.3, 0.4) is 0 Å². The van der Waals surface area contributed by atoms with Crippen LogP contribution >= 0.6 is 11.5 Å². The van der Waals surface area contributed by atoms with Gasteiger partial charge in [-0.05, 0) is 29.2 Å². The van der Waals surface area contributed by atoms with Gasteiger partial charge in [-0.1, -0.05) is 16.6 Å². The first-order valence-corrected chi connectivity index (χ1v) is 4.66. The fourth-order valence-corrected chi connectivity index (χ4v) is 1.61. The van der Waals surface area contributed by atoms with Crippen LogP contribution in [0.25, 0.3) is 10.4 Å². The average Bonchev–Trinajstić information content (AvgIpc) is 2.71. The average molecular weight is 206 g/mol. The number of aromatic nitrogens is 2. The van der Waals surface area contributed by atoms with Gasteiger partial charge in [-0.2, -0.15) is 0 Å². The number of hydrogen-bond donors (Lipinski definition) is 1. The maximum Gasteiger partial charge on any atom is 0.335 e. The summed E-state index contributed by atoms with van der Waals surface area (Å²) in [6.45, 7) is 0. The van der Waals surface area contributed by atoms with Crippen molar-refractivity contribution in [3.63, 3.8) is 0 Å². The third kappa shape index (κ3) is 1.62. The smallest absolute Gasteiger partial charge is 0.335 e. The summed E-state index contributed by atoms with van der Waals surface area (Å²) in [6.07, 6.45) is 1.62. The molecule has 0 bridgehead atoms. The van der Waals surface area contributed by atoms with E-state index in [2.05, 4.69) is 9.59 Å². The van der Waals surface area contributed by atoms with Crippen LogP contribution in [-0.4, -0.2) is 20.7 Å². The predicted molar refractivity (Wildman–Crippen MR) is 52.3 cm³/mol. The van der Waals surface area contributed by atoms with Gasteiger partial charge in [0.25, 0.3) is 0 Å². The molecule has 1 aromatic carbocycles. The molecule has 0 spiro atoms. The second kappa shape index (κ2) is 3.55. The third-order valence-electron chi connectivity index (χ3n) is 1.76. The molecule has 70 valence electrons. The molecule has 1 aromatic heterocycles. The molecule has 0 saturated carbocycles. The molecule has 0 fully saturated rings. The van der Waals surface area contributed by atoms with Crippen molar-refractivity contribution >= 4 is 17.5 Å². The molecule has 1 heterocycles. The van der Waals surface area contributed by atoms with E-state index in [9.17, 15) is 4.79 Å². The molecule has 0 amide bonds. The molecule has 0 atom stereocenters. The summed E-state index contributed by atoms with van der Waals surface area (Å²) < 4.78 is 3.72. The molecule has 1 N–H and O–H groups in total. The van der Waals surface area contributed by atoms with Crippen LogP contribution in [0, 0.1) is 0 Å². The van der Waals surface area contributed by atoms with Crippen molar-refractivity contribution in [2.24, 2.45) is 0 Å². The van der Waals surface area contributed by atoms with Gasteiger partial charge in [-0.15, -0.1) is 5.10 Å². The summed E-state index contributed by atoms with van der Waals surface area (Å²) in [6, 6.07) is 6.71. The first kappa shape index (κ1) is 8.83. The molecule has 5 heteroatoms. The summed E-state index contributed by atoms with van der Waals surface area (Å²) >= 11 is 1.24. The second-order valence-electron chi connectivity index (χ2n) is 2.67. The molecule has 0 aliphatic carbocycles. The van der Waals surface area contributed by atoms with Crippen LogP contribution < -0.4 is 0 Å². The summed E-state index contributed by atoms with van der Waals surface area (Å²) in [5.41, 5.74) is 1.11. The van der Waals surface area contributed by atoms with Gasteiger partial charge < -0.3 is 5.11 Å². The van der Waals surface area contributed by atoms with E-state index in [1.54, 1.807) is 24.4 Å². The number of rotatable bonds is 2.